The van der Waals surface area contributed by atoms with E-state index < -0.39 is 10.0 Å². The summed E-state index contributed by atoms with van der Waals surface area (Å²) in [6.45, 7) is 2.65. The van der Waals surface area contributed by atoms with Crippen LogP contribution in [0.4, 0.5) is 0 Å². The van der Waals surface area contributed by atoms with Crippen molar-refractivity contribution in [2.45, 2.75) is 57.0 Å². The van der Waals surface area contributed by atoms with Crippen molar-refractivity contribution in [1.82, 2.24) is 9.62 Å². The summed E-state index contributed by atoms with van der Waals surface area (Å²) in [6.07, 6.45) is 4.71. The molecule has 0 bridgehead atoms. The number of nitrogens with two attached hydrogens (primary N) is 1. The van der Waals surface area contributed by atoms with Crippen LogP contribution in [0.15, 0.2) is 0 Å². The van der Waals surface area contributed by atoms with Crippen molar-refractivity contribution in [2.75, 3.05) is 18.8 Å². The zero-order chi connectivity index (χ0) is 14.8. The third kappa shape index (κ3) is 3.71. The van der Waals surface area contributed by atoms with Crippen LogP contribution in [0, 0.1) is 0 Å². The number of piperidine rings is 1. The summed E-state index contributed by atoms with van der Waals surface area (Å²) in [5, 5.41) is 2.99. The molecular formula is C13H25N3O3S. The van der Waals surface area contributed by atoms with Crippen molar-refractivity contribution in [3.05, 3.63) is 0 Å². The fourth-order valence-corrected chi connectivity index (χ4v) is 4.00. The number of hydrogen-bond donors (Lipinski definition) is 2. The predicted molar refractivity (Wildman–Crippen MR) is 77.6 cm³/mol. The minimum absolute atomic E-state index is 0.00370. The summed E-state index contributed by atoms with van der Waals surface area (Å²) in [5.74, 6) is 0.142. The highest BCUT2D eigenvalue weighted by molar-refractivity contribution is 7.89. The van der Waals surface area contributed by atoms with E-state index in [-0.39, 0.29) is 23.2 Å². The SMILES string of the molecule is CCS(=O)(=O)N1CCC(NC(=O)CC2(N)CCC2)CC1. The normalized spacial score (nSPS) is 24.1. The van der Waals surface area contributed by atoms with Gasteiger partial charge in [-0.05, 0) is 39.0 Å². The van der Waals surface area contributed by atoms with Gasteiger partial charge in [0.2, 0.25) is 15.9 Å². The van der Waals surface area contributed by atoms with Crippen LogP contribution in [0.2, 0.25) is 0 Å². The highest BCUT2D eigenvalue weighted by Gasteiger charge is 2.35. The van der Waals surface area contributed by atoms with Gasteiger partial charge in [-0.1, -0.05) is 0 Å². The third-order valence-corrected chi connectivity index (χ3v) is 6.32. The molecule has 0 aromatic rings. The van der Waals surface area contributed by atoms with Crippen molar-refractivity contribution in [3.8, 4) is 0 Å². The molecule has 1 amide bonds. The Morgan fingerprint density at radius 1 is 1.35 bits per heavy atom. The number of hydrogen-bond acceptors (Lipinski definition) is 4. The Bertz CT molecular complexity index is 451. The molecule has 7 heteroatoms. The first-order valence-electron chi connectivity index (χ1n) is 7.41. The van der Waals surface area contributed by atoms with Crippen molar-refractivity contribution in [2.24, 2.45) is 5.73 Å². The van der Waals surface area contributed by atoms with Crippen LogP contribution in [-0.2, 0) is 14.8 Å². The molecule has 1 aliphatic carbocycles. The first-order valence-corrected chi connectivity index (χ1v) is 9.02. The summed E-state index contributed by atoms with van der Waals surface area (Å²) in [7, 11) is -3.10. The molecule has 0 radical (unpaired) electrons. The number of carbonyl (C=O) groups is 1. The number of nitrogens with zero attached hydrogens (tertiary/aromatic N) is 1. The molecule has 0 aromatic heterocycles. The fourth-order valence-electron chi connectivity index (χ4n) is 2.87. The average molecular weight is 303 g/mol. The molecule has 6 nitrogen and oxygen atoms in total. The summed E-state index contributed by atoms with van der Waals surface area (Å²) >= 11 is 0. The molecule has 0 aromatic carbocycles. The van der Waals surface area contributed by atoms with Gasteiger partial charge < -0.3 is 11.1 Å². The smallest absolute Gasteiger partial charge is 0.222 e. The Morgan fingerprint density at radius 3 is 2.40 bits per heavy atom. The molecule has 0 atom stereocenters. The zero-order valence-corrected chi connectivity index (χ0v) is 12.9. The molecule has 2 aliphatic rings. The highest BCUT2D eigenvalue weighted by Crippen LogP contribution is 2.32. The van der Waals surface area contributed by atoms with Crippen LogP contribution in [0.1, 0.15) is 45.4 Å². The maximum atomic E-state index is 11.9. The molecule has 1 aliphatic heterocycles. The lowest BCUT2D eigenvalue weighted by atomic mass is 9.75. The zero-order valence-electron chi connectivity index (χ0n) is 12.1. The van der Waals surface area contributed by atoms with E-state index in [1.165, 1.54) is 4.31 Å². The van der Waals surface area contributed by atoms with E-state index >= 15 is 0 Å². The molecule has 0 unspecified atom stereocenters. The van der Waals surface area contributed by atoms with E-state index in [1.807, 2.05) is 0 Å². The quantitative estimate of drug-likeness (QED) is 0.758. The third-order valence-electron chi connectivity index (χ3n) is 4.44. The van der Waals surface area contributed by atoms with E-state index in [2.05, 4.69) is 5.32 Å². The first-order chi connectivity index (χ1) is 9.35. The highest BCUT2D eigenvalue weighted by atomic mass is 32.2. The van der Waals surface area contributed by atoms with Crippen molar-refractivity contribution in [1.29, 1.82) is 0 Å². The lowest BCUT2D eigenvalue weighted by Gasteiger charge is -2.38. The van der Waals surface area contributed by atoms with Gasteiger partial charge in [-0.3, -0.25) is 4.79 Å². The van der Waals surface area contributed by atoms with Gasteiger partial charge >= 0.3 is 0 Å². The van der Waals surface area contributed by atoms with Gasteiger partial charge in [0.1, 0.15) is 0 Å². The Balaban J connectivity index is 1.75. The second-order valence-corrected chi connectivity index (χ2v) is 8.29. The topological polar surface area (TPSA) is 92.5 Å². The van der Waals surface area contributed by atoms with Crippen molar-refractivity contribution < 1.29 is 13.2 Å². The van der Waals surface area contributed by atoms with E-state index in [0.29, 0.717) is 32.4 Å². The van der Waals surface area contributed by atoms with E-state index in [4.69, 9.17) is 5.73 Å². The lowest BCUT2D eigenvalue weighted by Crippen LogP contribution is -2.52. The molecule has 20 heavy (non-hydrogen) atoms. The van der Waals surface area contributed by atoms with E-state index in [0.717, 1.165) is 19.3 Å². The van der Waals surface area contributed by atoms with Gasteiger partial charge in [-0.15, -0.1) is 0 Å². The standard InChI is InChI=1S/C13H25N3O3S/c1-2-20(18,19)16-8-4-11(5-9-16)15-12(17)10-13(14)6-3-7-13/h11H,2-10,14H2,1H3,(H,15,17). The molecule has 0 spiro atoms. The number of rotatable bonds is 5. The second-order valence-electron chi connectivity index (χ2n) is 6.03. The molecular weight excluding hydrogens is 278 g/mol. The first kappa shape index (κ1) is 15.7. The van der Waals surface area contributed by atoms with Crippen LogP contribution in [-0.4, -0.2) is 49.1 Å². The molecule has 2 fully saturated rings. The summed E-state index contributed by atoms with van der Waals surface area (Å²) < 4.78 is 25.0. The minimum Gasteiger partial charge on any atom is -0.353 e. The molecule has 2 rings (SSSR count). The predicted octanol–water partition coefficient (Wildman–Crippen LogP) is 0.188. The van der Waals surface area contributed by atoms with Gasteiger partial charge in [0.05, 0.1) is 5.75 Å². The number of nitrogens with one attached hydrogen (secondary N) is 1. The number of carbonyl (C=O) groups excluding carboxylic acids is 1. The largest absolute Gasteiger partial charge is 0.353 e. The Hall–Kier alpha value is -0.660. The van der Waals surface area contributed by atoms with Crippen LogP contribution < -0.4 is 11.1 Å². The van der Waals surface area contributed by atoms with E-state index in [9.17, 15) is 13.2 Å². The van der Waals surface area contributed by atoms with Crippen molar-refractivity contribution in [3.63, 3.8) is 0 Å². The molecule has 116 valence electrons. The molecule has 3 N–H and O–H groups in total. The summed E-state index contributed by atoms with van der Waals surface area (Å²) in [6, 6.07) is 0.0782. The van der Waals surface area contributed by atoms with Crippen molar-refractivity contribution >= 4 is 15.9 Å². The lowest BCUT2D eigenvalue weighted by molar-refractivity contribution is -0.123. The minimum atomic E-state index is -3.10. The average Bonchev–Trinajstić information content (AvgIpc) is 2.37. The summed E-state index contributed by atoms with van der Waals surface area (Å²) in [5.41, 5.74) is 5.76. The summed E-state index contributed by atoms with van der Waals surface area (Å²) in [4.78, 5) is 11.9. The Morgan fingerprint density at radius 2 is 1.95 bits per heavy atom. The van der Waals surface area contributed by atoms with Crippen LogP contribution >= 0.6 is 0 Å². The van der Waals surface area contributed by atoms with Crippen LogP contribution in [0.25, 0.3) is 0 Å². The second kappa shape index (κ2) is 5.99. The van der Waals surface area contributed by atoms with Gasteiger partial charge in [0, 0.05) is 31.1 Å². The Kier molecular flexibility index (Phi) is 4.71. The number of amides is 1. The van der Waals surface area contributed by atoms with Crippen LogP contribution in [0.5, 0.6) is 0 Å². The van der Waals surface area contributed by atoms with E-state index in [1.54, 1.807) is 6.92 Å². The van der Waals surface area contributed by atoms with Gasteiger partial charge in [0.25, 0.3) is 0 Å². The monoisotopic (exact) mass is 303 g/mol. The van der Waals surface area contributed by atoms with Gasteiger partial charge in [0.15, 0.2) is 0 Å². The molecule has 1 saturated carbocycles. The fraction of sp³-hybridized carbons (Fsp3) is 0.923. The van der Waals surface area contributed by atoms with Gasteiger partial charge in [-0.25, -0.2) is 12.7 Å². The van der Waals surface area contributed by atoms with Crippen LogP contribution in [0.3, 0.4) is 0 Å². The Labute approximate surface area is 121 Å². The number of sulfonamides is 1. The molecule has 1 heterocycles. The maximum absolute atomic E-state index is 11.9. The van der Waals surface area contributed by atoms with Gasteiger partial charge in [-0.2, -0.15) is 0 Å². The molecule has 1 saturated heterocycles. The maximum Gasteiger partial charge on any atom is 0.222 e.